The fraction of sp³-hybridized carbons (Fsp3) is 0.586. The minimum atomic E-state index is 0.428. The number of methoxy groups -OCH3 is 2. The highest BCUT2D eigenvalue weighted by molar-refractivity contribution is 6.18. The molecule has 2 rings (SSSR count). The van der Waals surface area contributed by atoms with Crippen LogP contribution in [0.5, 0.6) is 23.0 Å². The Morgan fingerprint density at radius 1 is 0.629 bits per heavy atom. The van der Waals surface area contributed by atoms with Crippen LogP contribution < -0.4 is 18.9 Å². The SMILES string of the molecule is COc1ccc(CC(CCl)C(C)C)cc1OCCCOc1cc(CC(CCl)C(C)C)ccc1OC. The maximum Gasteiger partial charge on any atom is 0.161 e. The molecule has 0 aliphatic heterocycles. The van der Waals surface area contributed by atoms with Gasteiger partial charge in [-0.1, -0.05) is 39.8 Å². The first-order valence-corrected chi connectivity index (χ1v) is 13.6. The van der Waals surface area contributed by atoms with E-state index in [1.54, 1.807) is 14.2 Å². The van der Waals surface area contributed by atoms with Crippen LogP contribution in [0.2, 0.25) is 0 Å². The van der Waals surface area contributed by atoms with Crippen LogP contribution in [-0.4, -0.2) is 39.2 Å². The molecule has 2 aromatic rings. The summed E-state index contributed by atoms with van der Waals surface area (Å²) < 4.78 is 23.1. The van der Waals surface area contributed by atoms with E-state index in [-0.39, 0.29) is 0 Å². The number of rotatable bonds is 16. The van der Waals surface area contributed by atoms with Gasteiger partial charge in [-0.05, 0) is 71.9 Å². The van der Waals surface area contributed by atoms with Gasteiger partial charge in [-0.2, -0.15) is 0 Å². The Bertz CT molecular complexity index is 813. The highest BCUT2D eigenvalue weighted by Gasteiger charge is 2.16. The fourth-order valence-electron chi connectivity index (χ4n) is 3.89. The Morgan fingerprint density at radius 3 is 1.34 bits per heavy atom. The first kappa shape index (κ1) is 29.5. The van der Waals surface area contributed by atoms with Crippen LogP contribution >= 0.6 is 23.2 Å². The molecular formula is C29H42Cl2O4. The first-order valence-electron chi connectivity index (χ1n) is 12.5. The molecule has 0 fully saturated rings. The highest BCUT2D eigenvalue weighted by Crippen LogP contribution is 2.32. The summed E-state index contributed by atoms with van der Waals surface area (Å²) in [5.41, 5.74) is 2.41. The summed E-state index contributed by atoms with van der Waals surface area (Å²) in [4.78, 5) is 0. The molecule has 0 saturated heterocycles. The van der Waals surface area contributed by atoms with Crippen molar-refractivity contribution in [3.8, 4) is 23.0 Å². The van der Waals surface area contributed by atoms with Crippen LogP contribution in [0.15, 0.2) is 36.4 Å². The molecule has 2 atom stereocenters. The zero-order chi connectivity index (χ0) is 25.8. The van der Waals surface area contributed by atoms with E-state index in [4.69, 9.17) is 42.1 Å². The molecule has 4 nitrogen and oxygen atoms in total. The second kappa shape index (κ2) is 15.4. The number of ether oxygens (including phenoxy) is 4. The predicted octanol–water partition coefficient (Wildman–Crippen LogP) is 7.66. The van der Waals surface area contributed by atoms with E-state index in [2.05, 4.69) is 52.0 Å². The average Bonchev–Trinajstić information content (AvgIpc) is 2.85. The number of alkyl halides is 2. The third-order valence-corrected chi connectivity index (χ3v) is 7.33. The standard InChI is InChI=1S/C29H42Cl2O4/c1-20(2)24(18-30)14-22-8-10-26(32-5)28(16-22)34-12-7-13-35-29-17-23(9-11-27(29)33-6)15-25(19-31)21(3)4/h8-11,16-17,20-21,24-25H,7,12-15,18-19H2,1-6H3. The van der Waals surface area contributed by atoms with Gasteiger partial charge in [0, 0.05) is 18.2 Å². The Labute approximate surface area is 222 Å². The third-order valence-electron chi connectivity index (χ3n) is 6.54. The fourth-order valence-corrected chi connectivity index (χ4v) is 4.82. The second-order valence-corrected chi connectivity index (χ2v) is 10.4. The smallest absolute Gasteiger partial charge is 0.161 e. The Hall–Kier alpha value is -1.78. The summed E-state index contributed by atoms with van der Waals surface area (Å²) in [6.45, 7) is 9.87. The van der Waals surface area contributed by atoms with Gasteiger partial charge >= 0.3 is 0 Å². The van der Waals surface area contributed by atoms with Gasteiger partial charge in [0.1, 0.15) is 0 Å². The van der Waals surface area contributed by atoms with Gasteiger partial charge in [0.25, 0.3) is 0 Å². The van der Waals surface area contributed by atoms with Crippen molar-refractivity contribution in [2.75, 3.05) is 39.2 Å². The lowest BCUT2D eigenvalue weighted by molar-refractivity contribution is 0.234. The molecule has 0 amide bonds. The van der Waals surface area contributed by atoms with Gasteiger partial charge in [-0.3, -0.25) is 0 Å². The molecule has 6 heteroatoms. The predicted molar refractivity (Wildman–Crippen MR) is 147 cm³/mol. The summed E-state index contributed by atoms with van der Waals surface area (Å²) >= 11 is 12.3. The van der Waals surface area contributed by atoms with E-state index in [1.807, 2.05) is 12.1 Å². The van der Waals surface area contributed by atoms with Crippen LogP contribution in [0.25, 0.3) is 0 Å². The largest absolute Gasteiger partial charge is 0.493 e. The van der Waals surface area contributed by atoms with E-state index in [1.165, 1.54) is 11.1 Å². The van der Waals surface area contributed by atoms with E-state index in [0.717, 1.165) is 42.3 Å². The molecule has 0 saturated carbocycles. The van der Waals surface area contributed by atoms with Gasteiger partial charge in [0.05, 0.1) is 27.4 Å². The van der Waals surface area contributed by atoms with Gasteiger partial charge in [0.15, 0.2) is 23.0 Å². The zero-order valence-electron chi connectivity index (χ0n) is 22.1. The summed E-state index contributed by atoms with van der Waals surface area (Å²) in [7, 11) is 3.32. The van der Waals surface area contributed by atoms with Gasteiger partial charge in [-0.15, -0.1) is 23.2 Å². The summed E-state index contributed by atoms with van der Waals surface area (Å²) in [6.07, 6.45) is 2.57. The topological polar surface area (TPSA) is 36.9 Å². The van der Waals surface area contributed by atoms with Gasteiger partial charge in [-0.25, -0.2) is 0 Å². The molecule has 2 unspecified atom stereocenters. The third kappa shape index (κ3) is 9.31. The van der Waals surface area contributed by atoms with Crippen molar-refractivity contribution in [2.24, 2.45) is 23.7 Å². The van der Waals surface area contributed by atoms with Crippen LogP contribution in [0.1, 0.15) is 45.2 Å². The normalized spacial score (nSPS) is 13.1. The minimum absolute atomic E-state index is 0.428. The van der Waals surface area contributed by atoms with Crippen LogP contribution in [0.3, 0.4) is 0 Å². The average molecular weight is 526 g/mol. The summed E-state index contributed by atoms with van der Waals surface area (Å²) in [5.74, 6) is 6.16. The first-order chi connectivity index (χ1) is 16.8. The Morgan fingerprint density at radius 2 is 1.03 bits per heavy atom. The van der Waals surface area contributed by atoms with E-state index in [0.29, 0.717) is 48.6 Å². The van der Waals surface area contributed by atoms with Crippen LogP contribution in [0, 0.1) is 23.7 Å². The molecule has 2 aromatic carbocycles. The van der Waals surface area contributed by atoms with E-state index >= 15 is 0 Å². The Kier molecular flexibility index (Phi) is 12.9. The molecule has 0 aliphatic rings. The summed E-state index contributed by atoms with van der Waals surface area (Å²) in [6, 6.07) is 12.2. The molecule has 0 bridgehead atoms. The quantitative estimate of drug-likeness (QED) is 0.167. The minimum Gasteiger partial charge on any atom is -0.493 e. The number of hydrogen-bond donors (Lipinski definition) is 0. The van der Waals surface area contributed by atoms with Crippen molar-refractivity contribution >= 4 is 23.2 Å². The molecule has 0 aliphatic carbocycles. The number of hydrogen-bond acceptors (Lipinski definition) is 4. The number of benzene rings is 2. The molecule has 0 radical (unpaired) electrons. The lowest BCUT2D eigenvalue weighted by atomic mass is 9.91. The van der Waals surface area contributed by atoms with Gasteiger partial charge < -0.3 is 18.9 Å². The van der Waals surface area contributed by atoms with Crippen LogP contribution in [0.4, 0.5) is 0 Å². The zero-order valence-corrected chi connectivity index (χ0v) is 23.6. The monoisotopic (exact) mass is 524 g/mol. The van der Waals surface area contributed by atoms with Crippen molar-refractivity contribution in [2.45, 2.75) is 47.0 Å². The molecule has 196 valence electrons. The lowest BCUT2D eigenvalue weighted by Gasteiger charge is -2.19. The van der Waals surface area contributed by atoms with E-state index < -0.39 is 0 Å². The second-order valence-electron chi connectivity index (χ2n) is 9.75. The Balaban J connectivity index is 1.95. The van der Waals surface area contributed by atoms with Crippen molar-refractivity contribution in [3.05, 3.63) is 47.5 Å². The molecular weight excluding hydrogens is 483 g/mol. The molecule has 0 N–H and O–H groups in total. The van der Waals surface area contributed by atoms with Crippen LogP contribution in [-0.2, 0) is 12.8 Å². The highest BCUT2D eigenvalue weighted by atomic mass is 35.5. The lowest BCUT2D eigenvalue weighted by Crippen LogP contribution is -2.14. The molecule has 0 aromatic heterocycles. The van der Waals surface area contributed by atoms with Gasteiger partial charge in [0.2, 0.25) is 0 Å². The van der Waals surface area contributed by atoms with Crippen molar-refractivity contribution < 1.29 is 18.9 Å². The number of halogens is 2. The van der Waals surface area contributed by atoms with E-state index in [9.17, 15) is 0 Å². The van der Waals surface area contributed by atoms with Crippen molar-refractivity contribution in [1.82, 2.24) is 0 Å². The molecule has 35 heavy (non-hydrogen) atoms. The van der Waals surface area contributed by atoms with Crippen molar-refractivity contribution in [1.29, 1.82) is 0 Å². The summed E-state index contributed by atoms with van der Waals surface area (Å²) in [5, 5.41) is 0. The molecule has 0 heterocycles. The maximum atomic E-state index is 6.17. The molecule has 0 spiro atoms. The van der Waals surface area contributed by atoms with Crippen molar-refractivity contribution in [3.63, 3.8) is 0 Å². The maximum absolute atomic E-state index is 6.17.